The van der Waals surface area contributed by atoms with Gasteiger partial charge in [0, 0.05) is 17.1 Å². The number of hydrogen-bond acceptors (Lipinski definition) is 3. The maximum atomic E-state index is 12.4. The van der Waals surface area contributed by atoms with Crippen molar-refractivity contribution in [2.75, 3.05) is 12.4 Å². The summed E-state index contributed by atoms with van der Waals surface area (Å²) in [5, 5.41) is 3.88. The van der Waals surface area contributed by atoms with Crippen LogP contribution in [0.25, 0.3) is 10.9 Å². The molecule has 0 spiro atoms. The smallest absolute Gasteiger partial charge is 0.255 e. The summed E-state index contributed by atoms with van der Waals surface area (Å²) >= 11 is 0. The van der Waals surface area contributed by atoms with Gasteiger partial charge in [-0.2, -0.15) is 0 Å². The molecule has 4 heteroatoms. The number of hydrogen-bond donors (Lipinski definition) is 1. The molecule has 0 unspecified atom stereocenters. The number of ether oxygens (including phenoxy) is 1. The SMILES string of the molecule is COc1ccc(C(=O)Nc2ccnc3ccc(C)cc23)cc1. The van der Waals surface area contributed by atoms with Crippen LogP contribution in [0.4, 0.5) is 5.69 Å². The minimum atomic E-state index is -0.156. The largest absolute Gasteiger partial charge is 0.497 e. The summed E-state index contributed by atoms with van der Waals surface area (Å²) < 4.78 is 5.10. The molecule has 0 aliphatic heterocycles. The van der Waals surface area contributed by atoms with Gasteiger partial charge in [0.15, 0.2) is 0 Å². The van der Waals surface area contributed by atoms with E-state index >= 15 is 0 Å². The standard InChI is InChI=1S/C18H16N2O2/c1-12-3-8-16-15(11-12)17(9-10-19-16)20-18(21)13-4-6-14(22-2)7-5-13/h3-11H,1-2H3,(H,19,20,21). The number of anilines is 1. The average molecular weight is 292 g/mol. The molecular formula is C18H16N2O2. The van der Waals surface area contributed by atoms with Crippen molar-refractivity contribution in [3.8, 4) is 5.75 Å². The predicted molar refractivity (Wildman–Crippen MR) is 87.4 cm³/mol. The highest BCUT2D eigenvalue weighted by molar-refractivity contribution is 6.08. The number of pyridine rings is 1. The summed E-state index contributed by atoms with van der Waals surface area (Å²) in [5.41, 5.74) is 3.33. The lowest BCUT2D eigenvalue weighted by molar-refractivity contribution is 0.102. The summed E-state index contributed by atoms with van der Waals surface area (Å²) in [6, 6.07) is 14.8. The molecule has 3 rings (SSSR count). The van der Waals surface area contributed by atoms with Gasteiger partial charge in [0.2, 0.25) is 0 Å². The van der Waals surface area contributed by atoms with Crippen LogP contribution in [-0.4, -0.2) is 18.0 Å². The van der Waals surface area contributed by atoms with E-state index in [0.717, 1.165) is 27.9 Å². The summed E-state index contributed by atoms with van der Waals surface area (Å²) in [6.07, 6.45) is 1.70. The van der Waals surface area contributed by atoms with Gasteiger partial charge in [0.25, 0.3) is 5.91 Å². The number of benzene rings is 2. The second-order valence-corrected chi connectivity index (χ2v) is 5.06. The van der Waals surface area contributed by atoms with E-state index < -0.39 is 0 Å². The number of carbonyl (C=O) groups excluding carboxylic acids is 1. The number of aryl methyl sites for hydroxylation is 1. The van der Waals surface area contributed by atoms with E-state index in [9.17, 15) is 4.79 Å². The number of aromatic nitrogens is 1. The van der Waals surface area contributed by atoms with Crippen molar-refractivity contribution in [3.05, 3.63) is 65.9 Å². The fourth-order valence-corrected chi connectivity index (χ4v) is 2.31. The van der Waals surface area contributed by atoms with Gasteiger partial charge in [0.05, 0.1) is 18.3 Å². The molecule has 22 heavy (non-hydrogen) atoms. The zero-order valence-electron chi connectivity index (χ0n) is 12.5. The van der Waals surface area contributed by atoms with Gasteiger partial charge in [-0.15, -0.1) is 0 Å². The maximum Gasteiger partial charge on any atom is 0.255 e. The molecule has 1 heterocycles. The minimum absolute atomic E-state index is 0.156. The molecule has 1 N–H and O–H groups in total. The highest BCUT2D eigenvalue weighted by Gasteiger charge is 2.09. The van der Waals surface area contributed by atoms with Crippen LogP contribution in [0.5, 0.6) is 5.75 Å². The first-order valence-electron chi connectivity index (χ1n) is 6.98. The fraction of sp³-hybridized carbons (Fsp3) is 0.111. The Hall–Kier alpha value is -2.88. The average Bonchev–Trinajstić information content (AvgIpc) is 2.55. The zero-order chi connectivity index (χ0) is 15.5. The van der Waals surface area contributed by atoms with E-state index in [-0.39, 0.29) is 5.91 Å². The van der Waals surface area contributed by atoms with Crippen LogP contribution in [0.2, 0.25) is 0 Å². The summed E-state index contributed by atoms with van der Waals surface area (Å²) in [7, 11) is 1.60. The Morgan fingerprint density at radius 1 is 1.09 bits per heavy atom. The first kappa shape index (κ1) is 14.1. The highest BCUT2D eigenvalue weighted by Crippen LogP contribution is 2.23. The van der Waals surface area contributed by atoms with E-state index in [2.05, 4.69) is 10.3 Å². The van der Waals surface area contributed by atoms with Gasteiger partial charge in [-0.25, -0.2) is 0 Å². The zero-order valence-corrected chi connectivity index (χ0v) is 12.5. The fourth-order valence-electron chi connectivity index (χ4n) is 2.31. The number of rotatable bonds is 3. The molecule has 1 amide bonds. The Kier molecular flexibility index (Phi) is 3.74. The van der Waals surface area contributed by atoms with Crippen LogP contribution in [0, 0.1) is 6.92 Å². The lowest BCUT2D eigenvalue weighted by atomic mass is 10.1. The topological polar surface area (TPSA) is 51.2 Å². The quantitative estimate of drug-likeness (QED) is 0.798. The van der Waals surface area contributed by atoms with Crippen molar-refractivity contribution in [2.45, 2.75) is 6.92 Å². The van der Waals surface area contributed by atoms with Crippen LogP contribution >= 0.6 is 0 Å². The van der Waals surface area contributed by atoms with Gasteiger partial charge in [0.1, 0.15) is 5.75 Å². The molecule has 0 bridgehead atoms. The Morgan fingerprint density at radius 2 is 1.86 bits per heavy atom. The second kappa shape index (κ2) is 5.85. The van der Waals surface area contributed by atoms with Gasteiger partial charge in [-0.3, -0.25) is 9.78 Å². The van der Waals surface area contributed by atoms with Crippen LogP contribution in [0.15, 0.2) is 54.7 Å². The lowest BCUT2D eigenvalue weighted by Gasteiger charge is -2.09. The molecule has 0 fully saturated rings. The minimum Gasteiger partial charge on any atom is -0.497 e. The highest BCUT2D eigenvalue weighted by atomic mass is 16.5. The number of fused-ring (bicyclic) bond motifs is 1. The van der Waals surface area contributed by atoms with E-state index in [4.69, 9.17) is 4.74 Å². The van der Waals surface area contributed by atoms with Crippen molar-refractivity contribution >= 4 is 22.5 Å². The molecule has 0 saturated carbocycles. The molecule has 3 aromatic rings. The van der Waals surface area contributed by atoms with Gasteiger partial charge >= 0.3 is 0 Å². The van der Waals surface area contributed by atoms with Gasteiger partial charge < -0.3 is 10.1 Å². The molecule has 2 aromatic carbocycles. The molecule has 0 aliphatic rings. The third-order valence-corrected chi connectivity index (χ3v) is 3.50. The van der Waals surface area contributed by atoms with Crippen molar-refractivity contribution in [1.82, 2.24) is 4.98 Å². The number of nitrogens with one attached hydrogen (secondary N) is 1. The molecule has 0 atom stereocenters. The van der Waals surface area contributed by atoms with Crippen molar-refractivity contribution in [3.63, 3.8) is 0 Å². The van der Waals surface area contributed by atoms with Gasteiger partial charge in [-0.05, 0) is 49.4 Å². The molecule has 0 saturated heterocycles. The van der Waals surface area contributed by atoms with E-state index in [0.29, 0.717) is 5.56 Å². The van der Waals surface area contributed by atoms with Crippen LogP contribution in [0.3, 0.4) is 0 Å². The molecule has 0 radical (unpaired) electrons. The van der Waals surface area contributed by atoms with E-state index in [1.165, 1.54) is 0 Å². The van der Waals surface area contributed by atoms with Crippen molar-refractivity contribution < 1.29 is 9.53 Å². The molecule has 4 nitrogen and oxygen atoms in total. The Labute approximate surface area is 128 Å². The summed E-state index contributed by atoms with van der Waals surface area (Å²) in [6.45, 7) is 2.02. The number of methoxy groups -OCH3 is 1. The third-order valence-electron chi connectivity index (χ3n) is 3.50. The van der Waals surface area contributed by atoms with Crippen LogP contribution < -0.4 is 10.1 Å². The lowest BCUT2D eigenvalue weighted by Crippen LogP contribution is -2.12. The Balaban J connectivity index is 1.91. The number of carbonyl (C=O) groups is 1. The maximum absolute atomic E-state index is 12.4. The summed E-state index contributed by atoms with van der Waals surface area (Å²) in [5.74, 6) is 0.568. The van der Waals surface area contributed by atoms with Crippen molar-refractivity contribution in [1.29, 1.82) is 0 Å². The predicted octanol–water partition coefficient (Wildman–Crippen LogP) is 3.80. The van der Waals surface area contributed by atoms with Crippen LogP contribution in [0.1, 0.15) is 15.9 Å². The first-order chi connectivity index (χ1) is 10.7. The first-order valence-corrected chi connectivity index (χ1v) is 6.98. The second-order valence-electron chi connectivity index (χ2n) is 5.06. The van der Waals surface area contributed by atoms with E-state index in [1.807, 2.05) is 31.2 Å². The molecular weight excluding hydrogens is 276 g/mol. The van der Waals surface area contributed by atoms with Crippen molar-refractivity contribution in [2.24, 2.45) is 0 Å². The normalized spacial score (nSPS) is 10.5. The Bertz CT molecular complexity index is 826. The van der Waals surface area contributed by atoms with Gasteiger partial charge in [-0.1, -0.05) is 11.6 Å². The number of amides is 1. The molecule has 0 aliphatic carbocycles. The van der Waals surface area contributed by atoms with E-state index in [1.54, 1.807) is 37.6 Å². The summed E-state index contributed by atoms with van der Waals surface area (Å²) in [4.78, 5) is 16.7. The monoisotopic (exact) mass is 292 g/mol. The van der Waals surface area contributed by atoms with Crippen LogP contribution in [-0.2, 0) is 0 Å². The molecule has 110 valence electrons. The number of nitrogens with zero attached hydrogens (tertiary/aromatic N) is 1. The Morgan fingerprint density at radius 3 is 2.59 bits per heavy atom. The third kappa shape index (κ3) is 2.76. The molecule has 1 aromatic heterocycles.